The molecule has 1 fully saturated rings. The van der Waals surface area contributed by atoms with Gasteiger partial charge in [-0.05, 0) is 48.7 Å². The Kier molecular flexibility index (Phi) is 13.8. The summed E-state index contributed by atoms with van der Waals surface area (Å²) in [5, 5.41) is 15.3. The van der Waals surface area contributed by atoms with Gasteiger partial charge in [0, 0.05) is 44.5 Å². The van der Waals surface area contributed by atoms with Crippen LogP contribution in [0.1, 0.15) is 79.6 Å². The second kappa shape index (κ2) is 18.2. The minimum Gasteiger partial charge on any atom is -0.397 e. The quantitative estimate of drug-likeness (QED) is 0.0818. The molecule has 3 atom stereocenters. The van der Waals surface area contributed by atoms with E-state index in [1.165, 1.54) is 0 Å². The maximum atomic E-state index is 12.4. The molecular weight excluding hydrogens is 580 g/mol. The molecule has 1 aliphatic heterocycles. The number of likely N-dealkylation sites (N-methyl/N-ethyl adjacent to an activating group) is 1. The van der Waals surface area contributed by atoms with E-state index in [1.54, 1.807) is 12.1 Å². The molecule has 0 aromatic heterocycles. The number of anilines is 2. The van der Waals surface area contributed by atoms with Crippen LogP contribution in [0, 0.1) is 0 Å². The number of hydrogen-bond donors (Lipinski definition) is 4. The fraction of sp³-hybridized carbons (Fsp3) is 0.405. The first-order valence-corrected chi connectivity index (χ1v) is 16.1. The number of carbonyl (C=O) groups is 2. The van der Waals surface area contributed by atoms with Gasteiger partial charge in [-0.15, -0.1) is 6.58 Å². The number of amides is 2. The van der Waals surface area contributed by atoms with Crippen molar-refractivity contribution in [1.29, 1.82) is 0 Å². The second-order valence-corrected chi connectivity index (χ2v) is 11.9. The van der Waals surface area contributed by atoms with Crippen molar-refractivity contribution in [3.63, 3.8) is 0 Å². The summed E-state index contributed by atoms with van der Waals surface area (Å²) >= 11 is 0. The van der Waals surface area contributed by atoms with Gasteiger partial charge in [0.25, 0.3) is 0 Å². The fourth-order valence-corrected chi connectivity index (χ4v) is 5.51. The standard InChI is InChI=1S/C37H48N4O5/c1-3-22-41(2)25-31-23-34(29-18-16-28(26-42)17-19-29)46-37(45-31)30-20-14-27(15-21-30)24-39-35(43)12-6-4-5-7-13-36(44)40-33-11-9-8-10-32(33)38/h3,8-11,14-21,31,34,37,42H,1,4-7,12-13,22-26,38H2,2H3,(H,39,43)(H,40,44)/t31-,34+,37+/m1/s1. The van der Waals surface area contributed by atoms with Gasteiger partial charge in [-0.2, -0.15) is 0 Å². The summed E-state index contributed by atoms with van der Waals surface area (Å²) in [5.41, 5.74) is 10.9. The first kappa shape index (κ1) is 34.8. The molecule has 2 amide bonds. The summed E-state index contributed by atoms with van der Waals surface area (Å²) in [6.45, 7) is 5.82. The molecule has 0 unspecified atom stereocenters. The van der Waals surface area contributed by atoms with Gasteiger partial charge < -0.3 is 35.8 Å². The van der Waals surface area contributed by atoms with Crippen LogP contribution >= 0.6 is 0 Å². The van der Waals surface area contributed by atoms with Gasteiger partial charge in [0.2, 0.25) is 11.8 Å². The van der Waals surface area contributed by atoms with Crippen LogP contribution in [-0.4, -0.2) is 48.1 Å². The number of aliphatic hydroxyl groups excluding tert-OH is 1. The van der Waals surface area contributed by atoms with E-state index in [0.29, 0.717) is 30.8 Å². The van der Waals surface area contributed by atoms with Gasteiger partial charge in [-0.3, -0.25) is 9.59 Å². The largest absolute Gasteiger partial charge is 0.397 e. The first-order chi connectivity index (χ1) is 22.3. The fourth-order valence-electron chi connectivity index (χ4n) is 5.51. The molecule has 46 heavy (non-hydrogen) atoms. The number of rotatable bonds is 17. The molecule has 1 heterocycles. The summed E-state index contributed by atoms with van der Waals surface area (Å²) in [6.07, 6.45) is 6.12. The van der Waals surface area contributed by atoms with Crippen molar-refractivity contribution in [2.75, 3.05) is 31.2 Å². The molecule has 0 radical (unpaired) electrons. The predicted octanol–water partition coefficient (Wildman–Crippen LogP) is 6.02. The molecule has 0 spiro atoms. The highest BCUT2D eigenvalue weighted by atomic mass is 16.7. The zero-order chi connectivity index (χ0) is 32.7. The van der Waals surface area contributed by atoms with Gasteiger partial charge in [0.1, 0.15) is 0 Å². The summed E-state index contributed by atoms with van der Waals surface area (Å²) in [6, 6.07) is 23.1. The average Bonchev–Trinajstić information content (AvgIpc) is 3.06. The number of aliphatic hydroxyl groups is 1. The van der Waals surface area contributed by atoms with Gasteiger partial charge in [-0.1, -0.05) is 79.6 Å². The van der Waals surface area contributed by atoms with E-state index < -0.39 is 6.29 Å². The number of carbonyl (C=O) groups excluding carboxylic acids is 2. The normalized spacial score (nSPS) is 17.8. The summed E-state index contributed by atoms with van der Waals surface area (Å²) in [4.78, 5) is 26.8. The number of benzene rings is 3. The second-order valence-electron chi connectivity index (χ2n) is 11.9. The van der Waals surface area contributed by atoms with Crippen LogP contribution < -0.4 is 16.4 Å². The van der Waals surface area contributed by atoms with Gasteiger partial charge in [0.15, 0.2) is 6.29 Å². The Morgan fingerprint density at radius 1 is 0.913 bits per heavy atom. The van der Waals surface area contributed by atoms with Gasteiger partial charge in [-0.25, -0.2) is 0 Å². The van der Waals surface area contributed by atoms with Crippen LogP contribution in [0.5, 0.6) is 0 Å². The van der Waals surface area contributed by atoms with Crippen molar-refractivity contribution in [3.05, 3.63) is 108 Å². The molecule has 3 aromatic carbocycles. The number of nitrogens with one attached hydrogen (secondary N) is 2. The number of unbranched alkanes of at least 4 members (excludes halogenated alkanes) is 3. The van der Waals surface area contributed by atoms with Crippen molar-refractivity contribution < 1.29 is 24.2 Å². The minimum atomic E-state index is -0.524. The van der Waals surface area contributed by atoms with Gasteiger partial charge in [0.05, 0.1) is 30.2 Å². The summed E-state index contributed by atoms with van der Waals surface area (Å²) in [5.74, 6) is -0.0329. The number of para-hydroxylation sites is 2. The third kappa shape index (κ3) is 11.1. The van der Waals surface area contributed by atoms with Crippen LogP contribution in [-0.2, 0) is 32.2 Å². The van der Waals surface area contributed by atoms with E-state index in [4.69, 9.17) is 15.2 Å². The van der Waals surface area contributed by atoms with E-state index in [9.17, 15) is 14.7 Å². The molecule has 0 aliphatic carbocycles. The summed E-state index contributed by atoms with van der Waals surface area (Å²) in [7, 11) is 2.05. The maximum absolute atomic E-state index is 12.4. The average molecular weight is 629 g/mol. The van der Waals surface area contributed by atoms with Crippen LogP contribution in [0.15, 0.2) is 85.5 Å². The molecular formula is C37H48N4O5. The van der Waals surface area contributed by atoms with E-state index in [-0.39, 0.29) is 30.6 Å². The Balaban J connectivity index is 1.19. The maximum Gasteiger partial charge on any atom is 0.224 e. The lowest BCUT2D eigenvalue weighted by Gasteiger charge is -2.37. The monoisotopic (exact) mass is 628 g/mol. The third-order valence-electron chi connectivity index (χ3n) is 8.11. The van der Waals surface area contributed by atoms with Crippen LogP contribution in [0.2, 0.25) is 0 Å². The Hall–Kier alpha value is -4.02. The summed E-state index contributed by atoms with van der Waals surface area (Å²) < 4.78 is 12.8. The van der Waals surface area contributed by atoms with E-state index in [2.05, 4.69) is 29.2 Å². The third-order valence-corrected chi connectivity index (χ3v) is 8.11. The number of nitrogen functional groups attached to an aromatic ring is 1. The molecule has 9 nitrogen and oxygen atoms in total. The van der Waals surface area contributed by atoms with E-state index in [1.807, 2.05) is 66.7 Å². The predicted molar refractivity (Wildman–Crippen MR) is 182 cm³/mol. The van der Waals surface area contributed by atoms with Crippen molar-refractivity contribution >= 4 is 23.2 Å². The lowest BCUT2D eigenvalue weighted by atomic mass is 9.99. The van der Waals surface area contributed by atoms with Crippen LogP contribution in [0.3, 0.4) is 0 Å². The van der Waals surface area contributed by atoms with Crippen molar-refractivity contribution in [2.24, 2.45) is 0 Å². The van der Waals surface area contributed by atoms with E-state index in [0.717, 1.165) is 67.4 Å². The zero-order valence-electron chi connectivity index (χ0n) is 26.8. The highest BCUT2D eigenvalue weighted by Crippen LogP contribution is 2.38. The van der Waals surface area contributed by atoms with Crippen LogP contribution in [0.4, 0.5) is 11.4 Å². The number of ether oxygens (including phenoxy) is 2. The molecule has 0 bridgehead atoms. The van der Waals surface area contributed by atoms with Crippen LogP contribution in [0.25, 0.3) is 0 Å². The Morgan fingerprint density at radius 3 is 2.24 bits per heavy atom. The highest BCUT2D eigenvalue weighted by molar-refractivity contribution is 5.93. The van der Waals surface area contributed by atoms with Crippen molar-refractivity contribution in [2.45, 2.75) is 76.6 Å². The molecule has 246 valence electrons. The molecule has 1 saturated heterocycles. The number of nitrogens with two attached hydrogens (primary N) is 1. The van der Waals surface area contributed by atoms with Crippen molar-refractivity contribution in [3.8, 4) is 0 Å². The smallest absolute Gasteiger partial charge is 0.224 e. The Labute approximate surface area is 272 Å². The lowest BCUT2D eigenvalue weighted by molar-refractivity contribution is -0.252. The Morgan fingerprint density at radius 2 is 1.57 bits per heavy atom. The van der Waals surface area contributed by atoms with E-state index >= 15 is 0 Å². The highest BCUT2D eigenvalue weighted by Gasteiger charge is 2.32. The lowest BCUT2D eigenvalue weighted by Crippen LogP contribution is -2.37. The molecule has 4 rings (SSSR count). The minimum absolute atomic E-state index is 0.00725. The number of hydrogen-bond acceptors (Lipinski definition) is 7. The molecule has 0 saturated carbocycles. The molecule has 9 heteroatoms. The van der Waals surface area contributed by atoms with Crippen molar-refractivity contribution in [1.82, 2.24) is 10.2 Å². The topological polar surface area (TPSA) is 126 Å². The molecule has 5 N–H and O–H groups in total. The zero-order valence-corrected chi connectivity index (χ0v) is 26.8. The first-order valence-electron chi connectivity index (χ1n) is 16.1. The Bertz CT molecular complexity index is 1400. The number of nitrogens with zero attached hydrogens (tertiary/aromatic N) is 1. The molecule has 1 aliphatic rings. The van der Waals surface area contributed by atoms with Gasteiger partial charge >= 0.3 is 0 Å². The SMILES string of the molecule is C=CCN(C)C[C@H]1C[C@@H](c2ccc(CO)cc2)O[C@@H](c2ccc(CNC(=O)CCCCCCC(=O)Nc3ccccc3N)cc2)O1. The molecule has 3 aromatic rings.